The third kappa shape index (κ3) is 3.21. The highest BCUT2D eigenvalue weighted by Gasteiger charge is 2.21. The average Bonchev–Trinajstić information content (AvgIpc) is 3.00. The lowest BCUT2D eigenvalue weighted by molar-refractivity contribution is 0.0827. The first-order valence-electron chi connectivity index (χ1n) is 8.03. The number of nitrogens with zero attached hydrogens (tertiary/aromatic N) is 5. The molecular weight excluding hydrogens is 328 g/mol. The molecule has 3 heterocycles. The van der Waals surface area contributed by atoms with Gasteiger partial charge >= 0.3 is 0 Å². The zero-order chi connectivity index (χ0) is 17.3. The maximum Gasteiger partial charge on any atom is 0.254 e. The van der Waals surface area contributed by atoms with Crippen LogP contribution in [0.15, 0.2) is 12.3 Å². The molecule has 1 aliphatic heterocycles. The van der Waals surface area contributed by atoms with E-state index in [4.69, 9.17) is 11.6 Å². The van der Waals surface area contributed by atoms with Gasteiger partial charge in [-0.25, -0.2) is 4.98 Å². The molecule has 0 aliphatic carbocycles. The minimum absolute atomic E-state index is 0.0789. The molecule has 0 radical (unpaired) electrons. The number of carbonyl (C=O) groups excluding carboxylic acids is 1. The lowest BCUT2D eigenvalue weighted by Gasteiger charge is -2.19. The minimum atomic E-state index is -0.129. The fourth-order valence-electron chi connectivity index (χ4n) is 2.84. The molecule has 1 unspecified atom stereocenters. The van der Waals surface area contributed by atoms with Crippen LogP contribution in [0.5, 0.6) is 0 Å². The van der Waals surface area contributed by atoms with Gasteiger partial charge < -0.3 is 14.8 Å². The van der Waals surface area contributed by atoms with Crippen molar-refractivity contribution in [2.75, 3.05) is 19.4 Å². The van der Waals surface area contributed by atoms with E-state index in [2.05, 4.69) is 25.1 Å². The molecule has 0 bridgehead atoms. The van der Waals surface area contributed by atoms with Crippen molar-refractivity contribution in [3.05, 3.63) is 34.5 Å². The summed E-state index contributed by atoms with van der Waals surface area (Å²) in [7, 11) is 3.39. The molecule has 1 N–H and O–H groups in total. The van der Waals surface area contributed by atoms with Crippen LogP contribution in [-0.2, 0) is 13.0 Å². The van der Waals surface area contributed by atoms with Gasteiger partial charge in [0.2, 0.25) is 0 Å². The minimum Gasteiger partial charge on any atom is -0.359 e. The van der Waals surface area contributed by atoms with Crippen LogP contribution in [0.2, 0.25) is 5.02 Å². The van der Waals surface area contributed by atoms with E-state index in [1.54, 1.807) is 20.2 Å². The fourth-order valence-corrected chi connectivity index (χ4v) is 3.06. The van der Waals surface area contributed by atoms with Gasteiger partial charge in [0.15, 0.2) is 5.82 Å². The molecule has 7 nitrogen and oxygen atoms in total. The number of nitrogens with one attached hydrogen (secondary N) is 1. The molecule has 0 spiro atoms. The molecule has 0 saturated heterocycles. The van der Waals surface area contributed by atoms with E-state index in [0.29, 0.717) is 16.4 Å². The topological polar surface area (TPSA) is 75.9 Å². The van der Waals surface area contributed by atoms with Gasteiger partial charge in [0.05, 0.1) is 16.6 Å². The van der Waals surface area contributed by atoms with E-state index in [9.17, 15) is 4.79 Å². The summed E-state index contributed by atoms with van der Waals surface area (Å²) in [6, 6.07) is 1.55. The highest BCUT2D eigenvalue weighted by atomic mass is 35.5. The Morgan fingerprint density at radius 3 is 2.88 bits per heavy atom. The Kier molecular flexibility index (Phi) is 4.71. The first kappa shape index (κ1) is 16.7. The van der Waals surface area contributed by atoms with Gasteiger partial charge in [0.1, 0.15) is 11.6 Å². The molecule has 2 aromatic rings. The van der Waals surface area contributed by atoms with Crippen LogP contribution >= 0.6 is 11.6 Å². The fraction of sp³-hybridized carbons (Fsp3) is 0.500. The van der Waals surface area contributed by atoms with Crippen molar-refractivity contribution in [2.45, 2.75) is 38.8 Å². The largest absolute Gasteiger partial charge is 0.359 e. The number of aromatic nitrogens is 4. The highest BCUT2D eigenvalue weighted by molar-refractivity contribution is 6.33. The number of fused-ring (bicyclic) bond motifs is 1. The second kappa shape index (κ2) is 6.76. The van der Waals surface area contributed by atoms with Gasteiger partial charge in [-0.1, -0.05) is 11.6 Å². The molecule has 1 amide bonds. The molecular formula is C16H21ClN6O. The monoisotopic (exact) mass is 348 g/mol. The van der Waals surface area contributed by atoms with Crippen molar-refractivity contribution >= 4 is 23.3 Å². The summed E-state index contributed by atoms with van der Waals surface area (Å²) in [5, 5.41) is 12.3. The van der Waals surface area contributed by atoms with Gasteiger partial charge in [-0.05, 0) is 25.8 Å². The number of aryl methyl sites for hydroxylation is 1. The van der Waals surface area contributed by atoms with Crippen molar-refractivity contribution in [2.24, 2.45) is 0 Å². The van der Waals surface area contributed by atoms with Crippen LogP contribution in [-0.4, -0.2) is 44.7 Å². The van der Waals surface area contributed by atoms with Crippen LogP contribution in [0.3, 0.4) is 0 Å². The normalized spacial score (nSPS) is 14.8. The third-order valence-electron chi connectivity index (χ3n) is 4.12. The van der Waals surface area contributed by atoms with Crippen molar-refractivity contribution < 1.29 is 4.79 Å². The molecule has 0 fully saturated rings. The lowest BCUT2D eigenvalue weighted by atomic mass is 10.1. The van der Waals surface area contributed by atoms with Crippen LogP contribution in [0.1, 0.15) is 47.8 Å². The lowest BCUT2D eigenvalue weighted by Crippen LogP contribution is -2.22. The molecule has 24 heavy (non-hydrogen) atoms. The van der Waals surface area contributed by atoms with E-state index < -0.39 is 0 Å². The van der Waals surface area contributed by atoms with E-state index in [1.165, 1.54) is 11.1 Å². The summed E-state index contributed by atoms with van der Waals surface area (Å²) >= 11 is 6.29. The van der Waals surface area contributed by atoms with Gasteiger partial charge in [0.25, 0.3) is 5.91 Å². The average molecular weight is 349 g/mol. The second-order valence-corrected chi connectivity index (χ2v) is 6.61. The first-order valence-corrected chi connectivity index (χ1v) is 8.41. The predicted octanol–water partition coefficient (Wildman–Crippen LogP) is 2.54. The molecule has 0 saturated carbocycles. The summed E-state index contributed by atoms with van der Waals surface area (Å²) in [5.41, 5.74) is 0.461. The van der Waals surface area contributed by atoms with Crippen molar-refractivity contribution in [1.82, 2.24) is 24.6 Å². The van der Waals surface area contributed by atoms with Crippen LogP contribution in [0.25, 0.3) is 0 Å². The molecule has 2 aromatic heterocycles. The standard InChI is InChI=1S/C16H21ClN6O/c1-10(15-21-20-13-6-4-5-7-23(13)15)19-14-12(17)8-11(9-18-14)16(24)22(2)3/h8-10H,4-7H2,1-3H3,(H,18,19). The number of amides is 1. The maximum absolute atomic E-state index is 12.0. The van der Waals surface area contributed by atoms with Gasteiger partial charge in [-0.15, -0.1) is 10.2 Å². The second-order valence-electron chi connectivity index (χ2n) is 6.20. The molecule has 1 atom stereocenters. The van der Waals surface area contributed by atoms with E-state index >= 15 is 0 Å². The van der Waals surface area contributed by atoms with Gasteiger partial charge in [-0.3, -0.25) is 4.79 Å². The molecule has 128 valence electrons. The Hall–Kier alpha value is -2.15. The van der Waals surface area contributed by atoms with E-state index in [1.807, 2.05) is 6.92 Å². The summed E-state index contributed by atoms with van der Waals surface area (Å²) in [5.74, 6) is 2.33. The number of halogens is 1. The van der Waals surface area contributed by atoms with Crippen molar-refractivity contribution in [3.63, 3.8) is 0 Å². The number of anilines is 1. The van der Waals surface area contributed by atoms with Crippen LogP contribution in [0.4, 0.5) is 5.82 Å². The van der Waals surface area contributed by atoms with Gasteiger partial charge in [0, 0.05) is 33.3 Å². The number of hydrogen-bond acceptors (Lipinski definition) is 5. The summed E-state index contributed by atoms with van der Waals surface area (Å²) < 4.78 is 2.17. The van der Waals surface area contributed by atoms with Crippen molar-refractivity contribution in [3.8, 4) is 0 Å². The Balaban J connectivity index is 1.78. The first-order chi connectivity index (χ1) is 11.5. The molecule has 1 aliphatic rings. The third-order valence-corrected chi connectivity index (χ3v) is 4.41. The van der Waals surface area contributed by atoms with E-state index in [0.717, 1.165) is 37.5 Å². The number of carbonyl (C=O) groups is 1. The number of rotatable bonds is 4. The Labute approximate surface area is 146 Å². The van der Waals surface area contributed by atoms with Crippen molar-refractivity contribution in [1.29, 1.82) is 0 Å². The molecule has 3 rings (SSSR count). The predicted molar refractivity (Wildman–Crippen MR) is 92.3 cm³/mol. The summed E-state index contributed by atoms with van der Waals surface area (Å²) in [6.45, 7) is 2.95. The summed E-state index contributed by atoms with van der Waals surface area (Å²) in [4.78, 5) is 17.7. The zero-order valence-corrected chi connectivity index (χ0v) is 14.8. The molecule has 0 aromatic carbocycles. The smallest absolute Gasteiger partial charge is 0.254 e. The number of pyridine rings is 1. The Morgan fingerprint density at radius 2 is 2.17 bits per heavy atom. The van der Waals surface area contributed by atoms with Gasteiger partial charge in [-0.2, -0.15) is 0 Å². The van der Waals surface area contributed by atoms with Crippen LogP contribution in [0, 0.1) is 0 Å². The maximum atomic E-state index is 12.0. The molecule has 8 heteroatoms. The zero-order valence-electron chi connectivity index (χ0n) is 14.1. The van der Waals surface area contributed by atoms with E-state index in [-0.39, 0.29) is 11.9 Å². The Bertz CT molecular complexity index is 757. The highest BCUT2D eigenvalue weighted by Crippen LogP contribution is 2.26. The SMILES string of the molecule is CC(Nc1ncc(C(=O)N(C)C)cc1Cl)c1nnc2n1CCCC2. The van der Waals surface area contributed by atoms with Crippen LogP contribution < -0.4 is 5.32 Å². The quantitative estimate of drug-likeness (QED) is 0.918. The Morgan fingerprint density at radius 1 is 1.38 bits per heavy atom. The number of hydrogen-bond donors (Lipinski definition) is 1. The summed E-state index contributed by atoms with van der Waals surface area (Å²) in [6.07, 6.45) is 4.81.